The minimum absolute atomic E-state index is 0.0567. The second-order valence-electron chi connectivity index (χ2n) is 5.13. The Morgan fingerprint density at radius 1 is 0.957 bits per heavy atom. The average molecular weight is 325 g/mol. The topological polar surface area (TPSA) is 57.5 Å². The van der Waals surface area contributed by atoms with Crippen molar-refractivity contribution in [1.29, 1.82) is 0 Å². The summed E-state index contributed by atoms with van der Waals surface area (Å²) in [7, 11) is 0. The van der Waals surface area contributed by atoms with Crippen LogP contribution in [0.25, 0.3) is 16.8 Å². The zero-order valence-corrected chi connectivity index (χ0v) is 12.8. The van der Waals surface area contributed by atoms with E-state index in [1.54, 1.807) is 6.08 Å². The molecular formula is C19H13ClO3. The summed E-state index contributed by atoms with van der Waals surface area (Å²) in [5.41, 5.74) is 0.929. The highest BCUT2D eigenvalue weighted by molar-refractivity contribution is 6.36. The molecule has 0 aliphatic carbocycles. The molecule has 0 atom stereocenters. The van der Waals surface area contributed by atoms with E-state index in [0.717, 1.165) is 22.4 Å². The van der Waals surface area contributed by atoms with E-state index in [1.165, 1.54) is 12.1 Å². The molecule has 0 saturated heterocycles. The number of aromatic hydroxyl groups is 2. The number of ketones is 1. The quantitative estimate of drug-likeness (QED) is 0.537. The van der Waals surface area contributed by atoms with Gasteiger partial charge in [0.15, 0.2) is 5.78 Å². The highest BCUT2D eigenvalue weighted by Crippen LogP contribution is 2.32. The largest absolute Gasteiger partial charge is 0.508 e. The maximum Gasteiger partial charge on any atom is 0.187 e. The van der Waals surface area contributed by atoms with Gasteiger partial charge in [0, 0.05) is 11.6 Å². The minimum Gasteiger partial charge on any atom is -0.508 e. The molecule has 2 N–H and O–H groups in total. The summed E-state index contributed by atoms with van der Waals surface area (Å²) in [6.07, 6.45) is 3.04. The van der Waals surface area contributed by atoms with E-state index in [9.17, 15) is 15.0 Å². The molecule has 0 aliphatic rings. The first-order valence-corrected chi connectivity index (χ1v) is 7.35. The van der Waals surface area contributed by atoms with Gasteiger partial charge in [0.1, 0.15) is 11.5 Å². The molecular weight excluding hydrogens is 312 g/mol. The molecule has 3 aromatic rings. The zero-order chi connectivity index (χ0) is 16.4. The van der Waals surface area contributed by atoms with E-state index in [2.05, 4.69) is 0 Å². The van der Waals surface area contributed by atoms with Crippen molar-refractivity contribution < 1.29 is 15.0 Å². The van der Waals surface area contributed by atoms with Gasteiger partial charge in [-0.1, -0.05) is 54.1 Å². The van der Waals surface area contributed by atoms with Crippen molar-refractivity contribution >= 4 is 34.2 Å². The fourth-order valence-corrected chi connectivity index (χ4v) is 2.55. The van der Waals surface area contributed by atoms with Crippen molar-refractivity contribution in [3.63, 3.8) is 0 Å². The maximum atomic E-state index is 12.2. The lowest BCUT2D eigenvalue weighted by atomic mass is 10.1. The van der Waals surface area contributed by atoms with Gasteiger partial charge in [-0.15, -0.1) is 0 Å². The van der Waals surface area contributed by atoms with Crippen LogP contribution in [-0.4, -0.2) is 16.0 Å². The predicted molar refractivity (Wildman–Crippen MR) is 92.1 cm³/mol. The molecule has 114 valence electrons. The van der Waals surface area contributed by atoms with Gasteiger partial charge < -0.3 is 10.2 Å². The van der Waals surface area contributed by atoms with E-state index in [0.29, 0.717) is 0 Å². The molecule has 0 spiro atoms. The second-order valence-corrected chi connectivity index (χ2v) is 5.51. The van der Waals surface area contributed by atoms with Crippen LogP contribution in [0.5, 0.6) is 11.5 Å². The summed E-state index contributed by atoms with van der Waals surface area (Å²) < 4.78 is 0. The Balaban J connectivity index is 1.91. The Bertz CT molecular complexity index is 929. The van der Waals surface area contributed by atoms with Gasteiger partial charge in [-0.2, -0.15) is 0 Å². The molecule has 0 heterocycles. The van der Waals surface area contributed by atoms with Crippen LogP contribution in [0.15, 0.2) is 60.7 Å². The van der Waals surface area contributed by atoms with Crippen molar-refractivity contribution in [2.45, 2.75) is 0 Å². The van der Waals surface area contributed by atoms with E-state index in [1.807, 2.05) is 42.5 Å². The number of fused-ring (bicyclic) bond motifs is 1. The third-order valence-electron chi connectivity index (χ3n) is 3.50. The first-order chi connectivity index (χ1) is 11.0. The fraction of sp³-hybridized carbons (Fsp3) is 0. The van der Waals surface area contributed by atoms with Crippen molar-refractivity contribution in [3.05, 3.63) is 76.8 Å². The predicted octanol–water partition coefficient (Wildman–Crippen LogP) is 4.80. The van der Waals surface area contributed by atoms with E-state index in [4.69, 9.17) is 11.6 Å². The van der Waals surface area contributed by atoms with Crippen LogP contribution in [0.3, 0.4) is 0 Å². The molecule has 0 radical (unpaired) electrons. The third kappa shape index (κ3) is 3.20. The SMILES string of the molecule is O=C(/C=C/c1ccc2ccccc2c1)c1cc(O)cc(O)c1Cl. The number of allylic oxidation sites excluding steroid dienone is 1. The first-order valence-electron chi connectivity index (χ1n) is 6.97. The monoisotopic (exact) mass is 324 g/mol. The molecule has 0 bridgehead atoms. The van der Waals surface area contributed by atoms with Crippen molar-refractivity contribution in [1.82, 2.24) is 0 Å². The molecule has 4 heteroatoms. The standard InChI is InChI=1S/C19H13ClO3/c20-19-16(10-15(21)11-18(19)23)17(22)8-6-12-5-7-13-3-1-2-4-14(13)9-12/h1-11,21,23H/b8-6+. The summed E-state index contributed by atoms with van der Waals surface area (Å²) in [5, 5.41) is 21.2. The lowest BCUT2D eigenvalue weighted by Gasteiger charge is -2.04. The van der Waals surface area contributed by atoms with Crippen molar-refractivity contribution in [3.8, 4) is 11.5 Å². The second kappa shape index (κ2) is 6.15. The Morgan fingerprint density at radius 2 is 1.70 bits per heavy atom. The summed E-state index contributed by atoms with van der Waals surface area (Å²) >= 11 is 5.90. The summed E-state index contributed by atoms with van der Waals surface area (Å²) in [5.74, 6) is -0.933. The fourth-order valence-electron chi connectivity index (χ4n) is 2.35. The number of carbonyl (C=O) groups is 1. The van der Waals surface area contributed by atoms with E-state index in [-0.39, 0.29) is 22.1 Å². The van der Waals surface area contributed by atoms with E-state index < -0.39 is 5.78 Å². The number of phenols is 2. The molecule has 3 nitrogen and oxygen atoms in total. The number of hydrogen-bond donors (Lipinski definition) is 2. The molecule has 0 aromatic heterocycles. The van der Waals surface area contributed by atoms with Crippen LogP contribution in [0.1, 0.15) is 15.9 Å². The Morgan fingerprint density at radius 3 is 2.48 bits per heavy atom. The third-order valence-corrected chi connectivity index (χ3v) is 3.90. The number of benzene rings is 3. The van der Waals surface area contributed by atoms with Gasteiger partial charge in [0.2, 0.25) is 0 Å². The van der Waals surface area contributed by atoms with Crippen LogP contribution in [0, 0.1) is 0 Å². The molecule has 3 aromatic carbocycles. The first kappa shape index (κ1) is 15.1. The number of phenolic OH excluding ortho intramolecular Hbond substituents is 2. The summed E-state index contributed by atoms with van der Waals surface area (Å²) in [6.45, 7) is 0. The van der Waals surface area contributed by atoms with Crippen LogP contribution in [-0.2, 0) is 0 Å². The van der Waals surface area contributed by atoms with Gasteiger partial charge in [0.25, 0.3) is 0 Å². The number of rotatable bonds is 3. The Labute approximate surface area is 138 Å². The van der Waals surface area contributed by atoms with Crippen LogP contribution >= 0.6 is 11.6 Å². The number of carbonyl (C=O) groups excluding carboxylic acids is 1. The average Bonchev–Trinajstić information content (AvgIpc) is 2.55. The van der Waals surface area contributed by atoms with Gasteiger partial charge in [-0.25, -0.2) is 0 Å². The van der Waals surface area contributed by atoms with E-state index >= 15 is 0 Å². The summed E-state index contributed by atoms with van der Waals surface area (Å²) in [6, 6.07) is 16.1. The molecule has 0 fully saturated rings. The molecule has 0 amide bonds. The van der Waals surface area contributed by atoms with Crippen LogP contribution < -0.4 is 0 Å². The van der Waals surface area contributed by atoms with Crippen LogP contribution in [0.2, 0.25) is 5.02 Å². The lowest BCUT2D eigenvalue weighted by molar-refractivity contribution is 0.104. The highest BCUT2D eigenvalue weighted by atomic mass is 35.5. The smallest absolute Gasteiger partial charge is 0.187 e. The minimum atomic E-state index is -0.394. The molecule has 0 saturated carbocycles. The number of hydrogen-bond acceptors (Lipinski definition) is 3. The molecule has 0 unspecified atom stereocenters. The highest BCUT2D eigenvalue weighted by Gasteiger charge is 2.13. The van der Waals surface area contributed by atoms with Crippen molar-refractivity contribution in [2.75, 3.05) is 0 Å². The lowest BCUT2D eigenvalue weighted by Crippen LogP contribution is -1.95. The van der Waals surface area contributed by atoms with Gasteiger partial charge >= 0.3 is 0 Å². The Hall–Kier alpha value is -2.78. The van der Waals surface area contributed by atoms with Gasteiger partial charge in [-0.3, -0.25) is 4.79 Å². The number of halogens is 1. The Kier molecular flexibility index (Phi) is 4.04. The van der Waals surface area contributed by atoms with Crippen molar-refractivity contribution in [2.24, 2.45) is 0 Å². The van der Waals surface area contributed by atoms with Gasteiger partial charge in [0.05, 0.1) is 5.02 Å². The summed E-state index contributed by atoms with van der Waals surface area (Å²) in [4.78, 5) is 12.2. The maximum absolute atomic E-state index is 12.2. The normalized spacial score (nSPS) is 11.2. The van der Waals surface area contributed by atoms with Gasteiger partial charge in [-0.05, 0) is 34.5 Å². The molecule has 0 aliphatic heterocycles. The zero-order valence-electron chi connectivity index (χ0n) is 12.0. The van der Waals surface area contributed by atoms with Crippen LogP contribution in [0.4, 0.5) is 0 Å². The molecule has 3 rings (SSSR count). The molecule has 23 heavy (non-hydrogen) atoms.